The SMILES string of the molecule is CN[C@@H](C)C(=O)CC(CCSCCOC)C(=O)N[C@@H](CCCCN)C(C)=O. The number of rotatable bonds is 17. The maximum atomic E-state index is 12.8. The first kappa shape index (κ1) is 26.0. The molecule has 0 aromatic rings. The van der Waals surface area contributed by atoms with Crippen molar-refractivity contribution in [2.24, 2.45) is 11.7 Å². The molecule has 3 atom stereocenters. The molecule has 0 bridgehead atoms. The fraction of sp³-hybridized carbons (Fsp3) is 0.842. The molecule has 0 saturated carbocycles. The van der Waals surface area contributed by atoms with Crippen molar-refractivity contribution in [2.75, 3.05) is 38.8 Å². The lowest BCUT2D eigenvalue weighted by atomic mass is 9.95. The molecule has 0 radical (unpaired) electrons. The standard InChI is InChI=1S/C19H37N3O4S/c1-14(21-3)18(24)13-16(8-11-27-12-10-26-4)19(25)22-17(15(2)23)7-5-6-9-20/h14,16-17,21H,5-13,20H2,1-4H3,(H,22,25)/t14-,16?,17-/m0/s1. The van der Waals surface area contributed by atoms with Crippen LogP contribution in [0.15, 0.2) is 0 Å². The molecule has 1 unspecified atom stereocenters. The number of carbonyl (C=O) groups excluding carboxylic acids is 3. The average Bonchev–Trinajstić information content (AvgIpc) is 2.64. The van der Waals surface area contributed by atoms with Gasteiger partial charge in [-0.05, 0) is 58.9 Å². The lowest BCUT2D eigenvalue weighted by Crippen LogP contribution is -2.44. The van der Waals surface area contributed by atoms with E-state index in [-0.39, 0.29) is 29.9 Å². The van der Waals surface area contributed by atoms with Gasteiger partial charge in [0.2, 0.25) is 5.91 Å². The van der Waals surface area contributed by atoms with Gasteiger partial charge in [-0.1, -0.05) is 0 Å². The molecule has 27 heavy (non-hydrogen) atoms. The molecule has 158 valence electrons. The molecular weight excluding hydrogens is 366 g/mol. The first-order valence-electron chi connectivity index (χ1n) is 9.64. The number of Topliss-reactive ketones (excluding diaryl/α,β-unsaturated/α-hetero) is 2. The second-order valence-corrected chi connectivity index (χ2v) is 7.95. The minimum Gasteiger partial charge on any atom is -0.384 e. The molecule has 4 N–H and O–H groups in total. The van der Waals surface area contributed by atoms with Crippen molar-refractivity contribution in [3.8, 4) is 0 Å². The Kier molecular flexibility index (Phi) is 15.5. The number of carbonyl (C=O) groups is 3. The molecule has 0 aromatic heterocycles. The number of unbranched alkanes of at least 4 members (excludes halogenated alkanes) is 1. The number of ketones is 2. The second kappa shape index (κ2) is 16.0. The van der Waals surface area contributed by atoms with Crippen LogP contribution >= 0.6 is 11.8 Å². The van der Waals surface area contributed by atoms with Gasteiger partial charge in [0, 0.05) is 25.2 Å². The zero-order valence-electron chi connectivity index (χ0n) is 17.2. The third kappa shape index (κ3) is 12.2. The van der Waals surface area contributed by atoms with Gasteiger partial charge in [-0.2, -0.15) is 11.8 Å². The van der Waals surface area contributed by atoms with Crippen LogP contribution in [-0.4, -0.2) is 68.4 Å². The summed E-state index contributed by atoms with van der Waals surface area (Å²) in [5, 5.41) is 5.77. The zero-order chi connectivity index (χ0) is 20.7. The third-order valence-corrected chi connectivity index (χ3v) is 5.51. The zero-order valence-corrected chi connectivity index (χ0v) is 18.0. The summed E-state index contributed by atoms with van der Waals surface area (Å²) in [5.74, 6) is 0.902. The van der Waals surface area contributed by atoms with Crippen LogP contribution in [0.5, 0.6) is 0 Å². The first-order chi connectivity index (χ1) is 12.9. The Morgan fingerprint density at radius 1 is 1.15 bits per heavy atom. The van der Waals surface area contributed by atoms with Gasteiger partial charge in [0.1, 0.15) is 5.78 Å². The van der Waals surface area contributed by atoms with Gasteiger partial charge in [0.25, 0.3) is 0 Å². The number of likely N-dealkylation sites (N-methyl/N-ethyl adjacent to an activating group) is 1. The van der Waals surface area contributed by atoms with Crippen molar-refractivity contribution in [1.29, 1.82) is 0 Å². The van der Waals surface area contributed by atoms with Crippen molar-refractivity contribution in [3.05, 3.63) is 0 Å². The quantitative estimate of drug-likeness (QED) is 0.312. The summed E-state index contributed by atoms with van der Waals surface area (Å²) < 4.78 is 5.02. The van der Waals surface area contributed by atoms with Crippen LogP contribution in [0.1, 0.15) is 46.0 Å². The Bertz CT molecular complexity index is 449. The Balaban J connectivity index is 4.84. The Morgan fingerprint density at radius 2 is 1.85 bits per heavy atom. The number of hydrogen-bond acceptors (Lipinski definition) is 7. The number of nitrogens with two attached hydrogens (primary N) is 1. The van der Waals surface area contributed by atoms with E-state index in [0.29, 0.717) is 26.0 Å². The van der Waals surface area contributed by atoms with Crippen LogP contribution in [0, 0.1) is 5.92 Å². The normalized spacial score (nSPS) is 14.4. The largest absolute Gasteiger partial charge is 0.384 e. The van der Waals surface area contributed by atoms with Crippen molar-refractivity contribution in [3.63, 3.8) is 0 Å². The van der Waals surface area contributed by atoms with Crippen molar-refractivity contribution in [1.82, 2.24) is 10.6 Å². The smallest absolute Gasteiger partial charge is 0.224 e. The lowest BCUT2D eigenvalue weighted by molar-refractivity contribution is -0.132. The predicted octanol–water partition coefficient (Wildman–Crippen LogP) is 1.14. The maximum Gasteiger partial charge on any atom is 0.224 e. The number of amides is 1. The van der Waals surface area contributed by atoms with Gasteiger partial charge >= 0.3 is 0 Å². The number of methoxy groups -OCH3 is 1. The van der Waals surface area contributed by atoms with E-state index in [1.807, 2.05) is 0 Å². The maximum absolute atomic E-state index is 12.8. The van der Waals surface area contributed by atoms with E-state index in [0.717, 1.165) is 24.3 Å². The molecule has 7 nitrogen and oxygen atoms in total. The van der Waals surface area contributed by atoms with Crippen LogP contribution in [0.25, 0.3) is 0 Å². The molecule has 0 rings (SSSR count). The second-order valence-electron chi connectivity index (χ2n) is 6.73. The topological polar surface area (TPSA) is 111 Å². The van der Waals surface area contributed by atoms with Crippen molar-refractivity contribution < 1.29 is 19.1 Å². The van der Waals surface area contributed by atoms with E-state index >= 15 is 0 Å². The lowest BCUT2D eigenvalue weighted by Gasteiger charge is -2.22. The van der Waals surface area contributed by atoms with Gasteiger partial charge in [-0.3, -0.25) is 14.4 Å². The molecule has 0 saturated heterocycles. The van der Waals surface area contributed by atoms with E-state index in [9.17, 15) is 14.4 Å². The van der Waals surface area contributed by atoms with Crippen molar-refractivity contribution >= 4 is 29.2 Å². The Hall–Kier alpha value is -0.960. The number of ether oxygens (including phenoxy) is 1. The van der Waals surface area contributed by atoms with Gasteiger partial charge < -0.3 is 21.1 Å². The molecule has 0 fully saturated rings. The summed E-state index contributed by atoms with van der Waals surface area (Å²) in [6.07, 6.45) is 2.95. The fourth-order valence-electron chi connectivity index (χ4n) is 2.54. The van der Waals surface area contributed by atoms with Crippen LogP contribution in [0.4, 0.5) is 0 Å². The van der Waals surface area contributed by atoms with E-state index in [1.54, 1.807) is 32.8 Å². The Labute approximate surface area is 167 Å². The number of thioether (sulfide) groups is 1. The molecular formula is C19H37N3O4S. The van der Waals surface area contributed by atoms with Crippen LogP contribution in [0.3, 0.4) is 0 Å². The highest BCUT2D eigenvalue weighted by molar-refractivity contribution is 7.99. The van der Waals surface area contributed by atoms with Crippen LogP contribution in [-0.2, 0) is 19.1 Å². The summed E-state index contributed by atoms with van der Waals surface area (Å²) in [6, 6.07) is -0.806. The third-order valence-electron chi connectivity index (χ3n) is 4.53. The van der Waals surface area contributed by atoms with Gasteiger partial charge in [-0.15, -0.1) is 0 Å². The summed E-state index contributed by atoms with van der Waals surface area (Å²) in [5.41, 5.74) is 5.50. The predicted molar refractivity (Wildman–Crippen MR) is 111 cm³/mol. The van der Waals surface area contributed by atoms with Crippen LogP contribution < -0.4 is 16.4 Å². The number of hydrogen-bond donors (Lipinski definition) is 3. The highest BCUT2D eigenvalue weighted by Gasteiger charge is 2.26. The highest BCUT2D eigenvalue weighted by atomic mass is 32.2. The van der Waals surface area contributed by atoms with Gasteiger partial charge in [0.05, 0.1) is 18.7 Å². The average molecular weight is 404 g/mol. The van der Waals surface area contributed by atoms with E-state index in [4.69, 9.17) is 10.5 Å². The molecule has 0 aliphatic carbocycles. The summed E-state index contributed by atoms with van der Waals surface area (Å²) in [6.45, 7) is 4.49. The van der Waals surface area contributed by atoms with E-state index < -0.39 is 12.0 Å². The summed E-state index contributed by atoms with van der Waals surface area (Å²) in [7, 11) is 3.38. The van der Waals surface area contributed by atoms with Crippen LogP contribution in [0.2, 0.25) is 0 Å². The Morgan fingerprint density at radius 3 is 2.41 bits per heavy atom. The summed E-state index contributed by atoms with van der Waals surface area (Å²) in [4.78, 5) is 36.9. The molecule has 0 aromatic carbocycles. The van der Waals surface area contributed by atoms with Crippen molar-refractivity contribution in [2.45, 2.75) is 58.0 Å². The summed E-state index contributed by atoms with van der Waals surface area (Å²) >= 11 is 1.69. The first-order valence-corrected chi connectivity index (χ1v) is 10.8. The minimum absolute atomic E-state index is 0.00190. The molecule has 0 spiro atoms. The molecule has 8 heteroatoms. The van der Waals surface area contributed by atoms with E-state index in [1.165, 1.54) is 6.92 Å². The van der Waals surface area contributed by atoms with Gasteiger partial charge in [0.15, 0.2) is 5.78 Å². The molecule has 0 aliphatic rings. The molecule has 0 aliphatic heterocycles. The molecule has 0 heterocycles. The number of nitrogens with one attached hydrogen (secondary N) is 2. The molecule has 1 amide bonds. The van der Waals surface area contributed by atoms with Gasteiger partial charge in [-0.25, -0.2) is 0 Å². The monoisotopic (exact) mass is 403 g/mol. The fourth-order valence-corrected chi connectivity index (χ4v) is 3.48. The van der Waals surface area contributed by atoms with E-state index in [2.05, 4.69) is 10.6 Å². The minimum atomic E-state index is -0.510. The highest BCUT2D eigenvalue weighted by Crippen LogP contribution is 2.16.